The molecule has 0 saturated carbocycles. The molecule has 0 aromatic carbocycles. The molecular formula is C6H8N2O3S. The third-order valence-corrected chi connectivity index (χ3v) is 1.90. The van der Waals surface area contributed by atoms with E-state index in [0.29, 0.717) is 5.69 Å². The highest BCUT2D eigenvalue weighted by atomic mass is 32.2. The second-order valence-corrected chi connectivity index (χ2v) is 3.96. The molecule has 0 bridgehead atoms. The zero-order valence-electron chi connectivity index (χ0n) is 6.15. The van der Waals surface area contributed by atoms with Crippen LogP contribution in [-0.4, -0.2) is 13.4 Å². The maximum atomic E-state index is 10.7. The summed E-state index contributed by atoms with van der Waals surface area (Å²) >= 11 is 0. The lowest BCUT2D eigenvalue weighted by molar-refractivity contribution is 0.596. The molecule has 0 aliphatic rings. The summed E-state index contributed by atoms with van der Waals surface area (Å²) in [5, 5.41) is 4.77. The highest BCUT2D eigenvalue weighted by molar-refractivity contribution is 7.88. The van der Waals surface area contributed by atoms with Crippen LogP contribution in [0.3, 0.4) is 0 Å². The summed E-state index contributed by atoms with van der Waals surface area (Å²) in [5.74, 6) is -0.344. The van der Waals surface area contributed by atoms with Crippen LogP contribution >= 0.6 is 0 Å². The van der Waals surface area contributed by atoms with Crippen LogP contribution in [0.15, 0.2) is 23.0 Å². The summed E-state index contributed by atoms with van der Waals surface area (Å²) in [5.41, 5.74) is -0.0406. The molecule has 5 nitrogen and oxygen atoms in total. The first-order valence-corrected chi connectivity index (χ1v) is 4.87. The number of sulfonamides is 1. The quantitative estimate of drug-likeness (QED) is 0.634. The molecule has 0 atom stereocenters. The van der Waals surface area contributed by atoms with Gasteiger partial charge in [0, 0.05) is 11.8 Å². The molecule has 0 amide bonds. The lowest BCUT2D eigenvalue weighted by atomic mass is 10.4. The van der Waals surface area contributed by atoms with Gasteiger partial charge >= 0.3 is 0 Å². The van der Waals surface area contributed by atoms with Gasteiger partial charge in [-0.3, -0.25) is 4.79 Å². The van der Waals surface area contributed by atoms with Crippen LogP contribution in [0.25, 0.3) is 0 Å². The van der Waals surface area contributed by atoms with Crippen LogP contribution in [0.2, 0.25) is 0 Å². The minimum atomic E-state index is -3.56. The molecule has 12 heavy (non-hydrogen) atoms. The number of rotatable bonds is 2. The van der Waals surface area contributed by atoms with Gasteiger partial charge in [-0.15, -0.1) is 0 Å². The average Bonchev–Trinajstić information content (AvgIpc) is 1.82. The van der Waals surface area contributed by atoms with Gasteiger partial charge in [0.1, 0.15) is 5.75 Å². The Labute approximate surface area is 69.3 Å². The van der Waals surface area contributed by atoms with Gasteiger partial charge in [0.25, 0.3) is 0 Å². The predicted octanol–water partition coefficient (Wildman–Crippen LogP) is -0.837. The maximum absolute atomic E-state index is 10.7. The number of aromatic amines is 1. The Kier molecular flexibility index (Phi) is 2.30. The molecular weight excluding hydrogens is 180 g/mol. The van der Waals surface area contributed by atoms with Crippen LogP contribution in [0.1, 0.15) is 5.69 Å². The Balaban J connectivity index is 2.99. The van der Waals surface area contributed by atoms with Crippen molar-refractivity contribution in [2.45, 2.75) is 5.75 Å². The minimum Gasteiger partial charge on any atom is -0.325 e. The van der Waals surface area contributed by atoms with E-state index < -0.39 is 10.0 Å². The van der Waals surface area contributed by atoms with E-state index in [2.05, 4.69) is 4.98 Å². The van der Waals surface area contributed by atoms with E-state index in [1.807, 2.05) is 0 Å². The van der Waals surface area contributed by atoms with Crippen molar-refractivity contribution in [2.75, 3.05) is 0 Å². The van der Waals surface area contributed by atoms with Crippen molar-refractivity contribution in [3.05, 3.63) is 34.2 Å². The van der Waals surface area contributed by atoms with E-state index in [0.717, 1.165) is 0 Å². The maximum Gasteiger partial charge on any atom is 0.248 e. The Morgan fingerprint density at radius 2 is 2.08 bits per heavy atom. The molecule has 1 aromatic rings. The SMILES string of the molecule is NS(=O)(=O)Cc1cccc(=O)[nH]1. The van der Waals surface area contributed by atoms with Crippen molar-refractivity contribution in [3.8, 4) is 0 Å². The van der Waals surface area contributed by atoms with Gasteiger partial charge in [-0.1, -0.05) is 6.07 Å². The van der Waals surface area contributed by atoms with Gasteiger partial charge in [-0.2, -0.15) is 0 Å². The normalized spacial score (nSPS) is 11.4. The van der Waals surface area contributed by atoms with Crippen LogP contribution in [0, 0.1) is 0 Å². The third kappa shape index (κ3) is 2.85. The lowest BCUT2D eigenvalue weighted by Crippen LogP contribution is -2.17. The van der Waals surface area contributed by atoms with Crippen molar-refractivity contribution in [2.24, 2.45) is 5.14 Å². The van der Waals surface area contributed by atoms with Crippen LogP contribution in [-0.2, 0) is 15.8 Å². The van der Waals surface area contributed by atoms with E-state index in [9.17, 15) is 13.2 Å². The standard InChI is InChI=1S/C6H8N2O3S/c7-12(10,11)4-5-2-1-3-6(9)8-5/h1-3H,4H2,(H,8,9)(H2,7,10,11). The number of H-pyrrole nitrogens is 1. The molecule has 0 fully saturated rings. The fourth-order valence-corrected chi connectivity index (χ4v) is 1.40. The summed E-state index contributed by atoms with van der Waals surface area (Å²) in [6, 6.07) is 4.26. The molecule has 6 heteroatoms. The van der Waals surface area contributed by atoms with Gasteiger partial charge in [0.2, 0.25) is 15.6 Å². The predicted molar refractivity (Wildman–Crippen MR) is 43.9 cm³/mol. The van der Waals surface area contributed by atoms with Gasteiger partial charge < -0.3 is 4.98 Å². The molecule has 0 unspecified atom stereocenters. The van der Waals surface area contributed by atoms with Crippen molar-refractivity contribution < 1.29 is 8.42 Å². The number of primary sulfonamides is 1. The Morgan fingerprint density at radius 3 is 2.58 bits per heavy atom. The fourth-order valence-electron chi connectivity index (χ4n) is 0.794. The molecule has 0 saturated heterocycles. The number of nitrogens with one attached hydrogen (secondary N) is 1. The van der Waals surface area contributed by atoms with E-state index >= 15 is 0 Å². The molecule has 1 aromatic heterocycles. The first-order chi connectivity index (χ1) is 5.47. The number of aromatic nitrogens is 1. The highest BCUT2D eigenvalue weighted by Crippen LogP contribution is 1.94. The average molecular weight is 188 g/mol. The van der Waals surface area contributed by atoms with Crippen LogP contribution in [0.5, 0.6) is 0 Å². The Morgan fingerprint density at radius 1 is 1.42 bits per heavy atom. The summed E-state index contributed by atoms with van der Waals surface area (Å²) in [6.45, 7) is 0. The second-order valence-electron chi connectivity index (χ2n) is 2.35. The van der Waals surface area contributed by atoms with Crippen molar-refractivity contribution in [3.63, 3.8) is 0 Å². The molecule has 66 valence electrons. The molecule has 1 rings (SSSR count). The zero-order valence-corrected chi connectivity index (χ0v) is 6.97. The monoisotopic (exact) mass is 188 g/mol. The first kappa shape index (κ1) is 8.95. The van der Waals surface area contributed by atoms with Gasteiger partial charge in [0.05, 0.1) is 0 Å². The highest BCUT2D eigenvalue weighted by Gasteiger charge is 2.04. The van der Waals surface area contributed by atoms with E-state index in [-0.39, 0.29) is 11.3 Å². The lowest BCUT2D eigenvalue weighted by Gasteiger charge is -1.96. The van der Waals surface area contributed by atoms with E-state index in [4.69, 9.17) is 5.14 Å². The molecule has 1 heterocycles. The number of nitrogens with two attached hydrogens (primary N) is 1. The Hall–Kier alpha value is -1.14. The van der Waals surface area contributed by atoms with Crippen molar-refractivity contribution in [1.82, 2.24) is 4.98 Å². The first-order valence-electron chi connectivity index (χ1n) is 3.16. The van der Waals surface area contributed by atoms with Crippen molar-refractivity contribution in [1.29, 1.82) is 0 Å². The van der Waals surface area contributed by atoms with Gasteiger partial charge in [0.15, 0.2) is 0 Å². The summed E-state index contributed by atoms with van der Waals surface area (Å²) in [4.78, 5) is 13.0. The zero-order chi connectivity index (χ0) is 9.19. The topological polar surface area (TPSA) is 93.0 Å². The van der Waals surface area contributed by atoms with Gasteiger partial charge in [-0.05, 0) is 6.07 Å². The fraction of sp³-hybridized carbons (Fsp3) is 0.167. The number of pyridine rings is 1. The largest absolute Gasteiger partial charge is 0.325 e. The molecule has 3 N–H and O–H groups in total. The summed E-state index contributed by atoms with van der Waals surface area (Å²) in [6.07, 6.45) is 0. The minimum absolute atomic E-state index is 0.296. The number of hydrogen-bond donors (Lipinski definition) is 2. The third-order valence-electron chi connectivity index (χ3n) is 1.19. The van der Waals surface area contributed by atoms with Crippen molar-refractivity contribution >= 4 is 10.0 Å². The summed E-state index contributed by atoms with van der Waals surface area (Å²) in [7, 11) is -3.56. The molecule has 0 aliphatic carbocycles. The van der Waals surface area contributed by atoms with Crippen LogP contribution in [0.4, 0.5) is 0 Å². The summed E-state index contributed by atoms with van der Waals surface area (Å²) < 4.78 is 21.1. The van der Waals surface area contributed by atoms with Gasteiger partial charge in [-0.25, -0.2) is 13.6 Å². The van der Waals surface area contributed by atoms with Crippen LogP contribution < -0.4 is 10.7 Å². The second kappa shape index (κ2) is 3.08. The molecule has 0 radical (unpaired) electrons. The molecule has 0 aliphatic heterocycles. The molecule has 0 spiro atoms. The number of hydrogen-bond acceptors (Lipinski definition) is 3. The van der Waals surface area contributed by atoms with E-state index in [1.54, 1.807) is 0 Å². The van der Waals surface area contributed by atoms with E-state index in [1.165, 1.54) is 18.2 Å². The smallest absolute Gasteiger partial charge is 0.248 e. The Bertz CT molecular complexity index is 420.